The van der Waals surface area contributed by atoms with E-state index in [0.717, 1.165) is 23.9 Å². The van der Waals surface area contributed by atoms with E-state index in [1.165, 1.54) is 37.7 Å². The summed E-state index contributed by atoms with van der Waals surface area (Å²) in [5.74, 6) is 0.929. The minimum absolute atomic E-state index is 0.419. The van der Waals surface area contributed by atoms with Crippen LogP contribution in [0.1, 0.15) is 58.4 Å². The van der Waals surface area contributed by atoms with Gasteiger partial charge in [-0.25, -0.2) is 4.98 Å². The van der Waals surface area contributed by atoms with Gasteiger partial charge in [-0.05, 0) is 44.7 Å². The van der Waals surface area contributed by atoms with Gasteiger partial charge >= 0.3 is 0 Å². The Morgan fingerprint density at radius 2 is 2.14 bits per heavy atom. The predicted molar refractivity (Wildman–Crippen MR) is 91.1 cm³/mol. The van der Waals surface area contributed by atoms with E-state index in [1.807, 2.05) is 6.20 Å². The van der Waals surface area contributed by atoms with E-state index in [-0.39, 0.29) is 0 Å². The normalized spacial score (nSPS) is 14.7. The second-order valence-corrected chi connectivity index (χ2v) is 6.71. The molecule has 1 fully saturated rings. The maximum atomic E-state index is 6.48. The summed E-state index contributed by atoms with van der Waals surface area (Å²) < 4.78 is 0. The van der Waals surface area contributed by atoms with Gasteiger partial charge in [0, 0.05) is 31.4 Å². The molecule has 21 heavy (non-hydrogen) atoms. The molecule has 1 aliphatic carbocycles. The highest BCUT2D eigenvalue weighted by Crippen LogP contribution is 2.27. The molecule has 0 aliphatic heterocycles. The number of halogens is 1. The number of nitrogens with one attached hydrogen (secondary N) is 1. The molecule has 0 spiro atoms. The van der Waals surface area contributed by atoms with E-state index < -0.39 is 0 Å². The van der Waals surface area contributed by atoms with Crippen LogP contribution >= 0.6 is 11.6 Å². The first-order valence-corrected chi connectivity index (χ1v) is 8.64. The van der Waals surface area contributed by atoms with Crippen molar-refractivity contribution in [2.24, 2.45) is 0 Å². The fraction of sp³-hybridized carbons (Fsp3) is 0.706. The summed E-state index contributed by atoms with van der Waals surface area (Å²) in [6, 6.07) is 3.20. The molecule has 2 rings (SSSR count). The molecule has 0 unspecified atom stereocenters. The molecule has 1 aromatic heterocycles. The number of hydrogen-bond donors (Lipinski definition) is 1. The van der Waals surface area contributed by atoms with Crippen LogP contribution in [-0.4, -0.2) is 23.6 Å². The highest BCUT2D eigenvalue weighted by atomic mass is 35.5. The molecular weight excluding hydrogens is 282 g/mol. The molecule has 0 saturated heterocycles. The minimum atomic E-state index is 0.419. The van der Waals surface area contributed by atoms with Gasteiger partial charge < -0.3 is 10.2 Å². The lowest BCUT2D eigenvalue weighted by Gasteiger charge is -2.29. The molecule has 0 aromatic carbocycles. The largest absolute Gasteiger partial charge is 0.353 e. The number of unbranched alkanes of at least 4 members (excludes halogenated alkanes) is 2. The summed E-state index contributed by atoms with van der Waals surface area (Å²) in [6.07, 6.45) is 8.25. The molecular formula is C17H28ClN3. The summed E-state index contributed by atoms with van der Waals surface area (Å²) in [6.45, 7) is 8.53. The fourth-order valence-electron chi connectivity index (χ4n) is 2.47. The number of hydrogen-bond acceptors (Lipinski definition) is 3. The summed E-state index contributed by atoms with van der Waals surface area (Å²) in [5.41, 5.74) is 1.17. The van der Waals surface area contributed by atoms with Gasteiger partial charge in [-0.2, -0.15) is 0 Å². The minimum Gasteiger partial charge on any atom is -0.353 e. The van der Waals surface area contributed by atoms with Crippen LogP contribution in [0.4, 0.5) is 5.82 Å². The number of nitrogens with zero attached hydrogens (tertiary/aromatic N) is 2. The van der Waals surface area contributed by atoms with Gasteiger partial charge in [0.1, 0.15) is 5.82 Å². The van der Waals surface area contributed by atoms with Crippen LogP contribution in [0.25, 0.3) is 0 Å². The summed E-state index contributed by atoms with van der Waals surface area (Å²) in [7, 11) is 0. The van der Waals surface area contributed by atoms with Crippen molar-refractivity contribution in [2.45, 2.75) is 71.5 Å². The molecule has 1 aliphatic rings. The third-order valence-corrected chi connectivity index (χ3v) is 4.23. The van der Waals surface area contributed by atoms with Gasteiger partial charge in [0.15, 0.2) is 0 Å². The Hall–Kier alpha value is -0.800. The third-order valence-electron chi connectivity index (χ3n) is 3.95. The highest BCUT2D eigenvalue weighted by Gasteiger charge is 2.20. The van der Waals surface area contributed by atoms with Gasteiger partial charge in [-0.3, -0.25) is 0 Å². The lowest BCUT2D eigenvalue weighted by Crippen LogP contribution is -2.32. The van der Waals surface area contributed by atoms with E-state index >= 15 is 0 Å². The molecule has 3 nitrogen and oxygen atoms in total. The Morgan fingerprint density at radius 3 is 2.71 bits per heavy atom. The van der Waals surface area contributed by atoms with Crippen LogP contribution in [0.2, 0.25) is 5.02 Å². The quantitative estimate of drug-likeness (QED) is 0.686. The van der Waals surface area contributed by atoms with Crippen molar-refractivity contribution >= 4 is 17.4 Å². The van der Waals surface area contributed by atoms with Crippen molar-refractivity contribution in [1.29, 1.82) is 0 Å². The van der Waals surface area contributed by atoms with Crippen molar-refractivity contribution in [2.75, 3.05) is 11.4 Å². The Balaban J connectivity index is 2.01. The van der Waals surface area contributed by atoms with Crippen LogP contribution in [0.5, 0.6) is 0 Å². The maximum Gasteiger partial charge on any atom is 0.147 e. The van der Waals surface area contributed by atoms with Crippen LogP contribution in [0.3, 0.4) is 0 Å². The van der Waals surface area contributed by atoms with Crippen molar-refractivity contribution in [3.63, 3.8) is 0 Å². The zero-order valence-electron chi connectivity index (χ0n) is 13.5. The molecule has 0 amide bonds. The highest BCUT2D eigenvalue weighted by molar-refractivity contribution is 6.33. The molecule has 118 valence electrons. The lowest BCUT2D eigenvalue weighted by molar-refractivity contribution is 0.619. The average Bonchev–Trinajstić information content (AvgIpc) is 3.26. The van der Waals surface area contributed by atoms with E-state index in [9.17, 15) is 0 Å². The Kier molecular flexibility index (Phi) is 6.31. The van der Waals surface area contributed by atoms with Crippen molar-refractivity contribution in [3.8, 4) is 0 Å². The molecule has 1 N–H and O–H groups in total. The van der Waals surface area contributed by atoms with Gasteiger partial charge in [-0.1, -0.05) is 31.4 Å². The number of anilines is 1. The van der Waals surface area contributed by atoms with E-state index in [0.29, 0.717) is 12.1 Å². The van der Waals surface area contributed by atoms with Gasteiger partial charge in [0.25, 0.3) is 0 Å². The molecule has 1 aromatic rings. The monoisotopic (exact) mass is 309 g/mol. The first-order chi connectivity index (χ1) is 10.1. The molecule has 0 atom stereocenters. The summed E-state index contributed by atoms with van der Waals surface area (Å²) in [5, 5.41) is 4.27. The van der Waals surface area contributed by atoms with Gasteiger partial charge in [-0.15, -0.1) is 0 Å². The van der Waals surface area contributed by atoms with E-state index in [1.54, 1.807) is 0 Å². The standard InChI is InChI=1S/C17H28ClN3/c1-4-5-6-9-21(13(2)3)17-16(18)10-14(12-20-17)11-19-15-7-8-15/h10,12-13,15,19H,4-9,11H2,1-3H3. The van der Waals surface area contributed by atoms with Crippen LogP contribution in [0, 0.1) is 0 Å². The molecule has 0 radical (unpaired) electrons. The second kappa shape index (κ2) is 8.00. The van der Waals surface area contributed by atoms with Gasteiger partial charge in [0.2, 0.25) is 0 Å². The number of aromatic nitrogens is 1. The van der Waals surface area contributed by atoms with Crippen LogP contribution in [0.15, 0.2) is 12.3 Å². The fourth-order valence-corrected chi connectivity index (χ4v) is 2.77. The molecule has 0 bridgehead atoms. The first-order valence-electron chi connectivity index (χ1n) is 8.26. The third kappa shape index (κ3) is 5.15. The van der Waals surface area contributed by atoms with E-state index in [2.05, 4.69) is 42.0 Å². The molecule has 1 saturated carbocycles. The lowest BCUT2D eigenvalue weighted by atomic mass is 10.2. The summed E-state index contributed by atoms with van der Waals surface area (Å²) >= 11 is 6.48. The number of pyridine rings is 1. The average molecular weight is 310 g/mol. The van der Waals surface area contributed by atoms with Crippen molar-refractivity contribution in [3.05, 3.63) is 22.8 Å². The summed E-state index contributed by atoms with van der Waals surface area (Å²) in [4.78, 5) is 6.95. The van der Waals surface area contributed by atoms with E-state index in [4.69, 9.17) is 11.6 Å². The molecule has 4 heteroatoms. The second-order valence-electron chi connectivity index (χ2n) is 6.30. The Bertz CT molecular complexity index is 444. The zero-order valence-corrected chi connectivity index (χ0v) is 14.3. The molecule has 1 heterocycles. The van der Waals surface area contributed by atoms with Crippen molar-refractivity contribution in [1.82, 2.24) is 10.3 Å². The smallest absolute Gasteiger partial charge is 0.147 e. The van der Waals surface area contributed by atoms with Gasteiger partial charge in [0.05, 0.1) is 5.02 Å². The van der Waals surface area contributed by atoms with Crippen molar-refractivity contribution < 1.29 is 0 Å². The Morgan fingerprint density at radius 1 is 1.38 bits per heavy atom. The Labute approximate surface area is 134 Å². The zero-order chi connectivity index (χ0) is 15.2. The van der Waals surface area contributed by atoms with Crippen LogP contribution < -0.4 is 10.2 Å². The first kappa shape index (κ1) is 16.6. The topological polar surface area (TPSA) is 28.2 Å². The SMILES string of the molecule is CCCCCN(c1ncc(CNC2CC2)cc1Cl)C(C)C. The van der Waals surface area contributed by atoms with Crippen LogP contribution in [-0.2, 0) is 6.54 Å². The maximum absolute atomic E-state index is 6.48. The number of rotatable bonds is 9. The predicted octanol–water partition coefficient (Wildman–Crippen LogP) is 4.39.